The lowest BCUT2D eigenvalue weighted by atomic mass is 10.4. The molecule has 0 unspecified atom stereocenters. The van der Waals surface area contributed by atoms with Gasteiger partial charge in [0.25, 0.3) is 0 Å². The van der Waals surface area contributed by atoms with Crippen LogP contribution in [0, 0.1) is 10.1 Å². The lowest BCUT2D eigenvalue weighted by Crippen LogP contribution is -1.99. The van der Waals surface area contributed by atoms with E-state index in [4.69, 9.17) is 0 Å². The number of aryl methyl sites for hydroxylation is 1. The van der Waals surface area contributed by atoms with Gasteiger partial charge in [-0.25, -0.2) is 14.6 Å². The molecule has 0 amide bonds. The third-order valence-corrected chi connectivity index (χ3v) is 3.20. The smallest absolute Gasteiger partial charge is 0.301 e. The third kappa shape index (κ3) is 2.40. The second-order valence-electron chi connectivity index (χ2n) is 3.30. The molecule has 18 heavy (non-hydrogen) atoms. The maximum atomic E-state index is 10.9. The minimum Gasteiger partial charge on any atom is -0.373 e. The summed E-state index contributed by atoms with van der Waals surface area (Å²) in [6.45, 7) is 0. The van der Waals surface area contributed by atoms with Crippen molar-refractivity contribution >= 4 is 23.3 Å². The van der Waals surface area contributed by atoms with Gasteiger partial charge in [0.1, 0.15) is 12.1 Å². The zero-order valence-corrected chi connectivity index (χ0v) is 10.5. The van der Waals surface area contributed by atoms with E-state index in [1.807, 2.05) is 0 Å². The molecule has 0 radical (unpaired) electrons. The molecular weight excluding hydrogens is 256 g/mol. The van der Waals surface area contributed by atoms with Gasteiger partial charge >= 0.3 is 5.69 Å². The SMILES string of the molecule is CNc1ccc([N+](=O)[O-])c(Sc2ncnn2C)n1. The van der Waals surface area contributed by atoms with Crippen molar-refractivity contribution < 1.29 is 4.92 Å². The van der Waals surface area contributed by atoms with Crippen LogP contribution in [-0.2, 0) is 7.05 Å². The lowest BCUT2D eigenvalue weighted by Gasteiger charge is -2.04. The Balaban J connectivity index is 2.41. The van der Waals surface area contributed by atoms with Crippen LogP contribution in [0.3, 0.4) is 0 Å². The predicted molar refractivity (Wildman–Crippen MR) is 65.6 cm³/mol. The van der Waals surface area contributed by atoms with E-state index in [1.165, 1.54) is 17.1 Å². The maximum Gasteiger partial charge on any atom is 0.301 e. The van der Waals surface area contributed by atoms with Crippen LogP contribution in [0.4, 0.5) is 11.5 Å². The Hall–Kier alpha value is -2.16. The molecule has 94 valence electrons. The monoisotopic (exact) mass is 266 g/mol. The summed E-state index contributed by atoms with van der Waals surface area (Å²) in [5, 5.41) is 18.5. The number of aromatic nitrogens is 4. The van der Waals surface area contributed by atoms with E-state index < -0.39 is 4.92 Å². The average Bonchev–Trinajstić information content (AvgIpc) is 2.74. The van der Waals surface area contributed by atoms with Crippen LogP contribution in [0.1, 0.15) is 0 Å². The first-order chi connectivity index (χ1) is 8.61. The van der Waals surface area contributed by atoms with Gasteiger partial charge in [0.05, 0.1) is 4.92 Å². The van der Waals surface area contributed by atoms with Crippen LogP contribution in [0.15, 0.2) is 28.6 Å². The molecule has 0 aromatic carbocycles. The van der Waals surface area contributed by atoms with Gasteiger partial charge in [-0.2, -0.15) is 5.10 Å². The molecule has 0 atom stereocenters. The van der Waals surface area contributed by atoms with E-state index in [9.17, 15) is 10.1 Å². The van der Waals surface area contributed by atoms with Gasteiger partial charge in [-0.05, 0) is 17.8 Å². The fraction of sp³-hybridized carbons (Fsp3) is 0.222. The number of nitrogens with one attached hydrogen (secondary N) is 1. The molecule has 2 aromatic rings. The van der Waals surface area contributed by atoms with Crippen LogP contribution in [-0.4, -0.2) is 31.7 Å². The fourth-order valence-corrected chi connectivity index (χ4v) is 2.09. The van der Waals surface area contributed by atoms with Gasteiger partial charge in [-0.3, -0.25) is 10.1 Å². The Morgan fingerprint density at radius 3 is 2.83 bits per heavy atom. The minimum atomic E-state index is -0.467. The Morgan fingerprint density at radius 1 is 1.50 bits per heavy atom. The Labute approximate surface area is 107 Å². The van der Waals surface area contributed by atoms with Gasteiger partial charge in [0, 0.05) is 20.2 Å². The molecule has 0 aliphatic rings. The van der Waals surface area contributed by atoms with Crippen LogP contribution >= 0.6 is 11.8 Å². The number of pyridine rings is 1. The van der Waals surface area contributed by atoms with Gasteiger partial charge in [0.15, 0.2) is 10.2 Å². The molecule has 0 spiro atoms. The standard InChI is InChI=1S/C9H10N6O2S/c1-10-7-4-3-6(15(16)17)8(13-7)18-9-11-5-12-14(9)2/h3-5H,1-2H3,(H,10,13). The van der Waals surface area contributed by atoms with E-state index in [2.05, 4.69) is 20.4 Å². The molecule has 1 N–H and O–H groups in total. The molecule has 0 saturated heterocycles. The summed E-state index contributed by atoms with van der Waals surface area (Å²) in [4.78, 5) is 18.6. The third-order valence-electron chi connectivity index (χ3n) is 2.15. The topological polar surface area (TPSA) is 98.8 Å². The zero-order valence-electron chi connectivity index (χ0n) is 9.69. The highest BCUT2D eigenvalue weighted by Crippen LogP contribution is 2.32. The van der Waals surface area contributed by atoms with E-state index in [0.29, 0.717) is 11.0 Å². The molecule has 8 nitrogen and oxygen atoms in total. The summed E-state index contributed by atoms with van der Waals surface area (Å²) in [6.07, 6.45) is 1.39. The summed E-state index contributed by atoms with van der Waals surface area (Å²) < 4.78 is 1.53. The van der Waals surface area contributed by atoms with Gasteiger partial charge in [0.2, 0.25) is 0 Å². The summed E-state index contributed by atoms with van der Waals surface area (Å²) >= 11 is 1.10. The van der Waals surface area contributed by atoms with Gasteiger partial charge in [-0.15, -0.1) is 0 Å². The molecule has 2 heterocycles. The Bertz CT molecular complexity index is 584. The molecule has 2 aromatic heterocycles. The van der Waals surface area contributed by atoms with Crippen LogP contribution in [0.5, 0.6) is 0 Å². The minimum absolute atomic E-state index is 0.0537. The molecule has 0 bridgehead atoms. The molecule has 9 heteroatoms. The van der Waals surface area contributed by atoms with Gasteiger partial charge in [-0.1, -0.05) is 0 Å². The van der Waals surface area contributed by atoms with Crippen molar-refractivity contribution in [3.8, 4) is 0 Å². The first-order valence-corrected chi connectivity index (χ1v) is 5.78. The van der Waals surface area contributed by atoms with Crippen LogP contribution in [0.25, 0.3) is 0 Å². The second-order valence-corrected chi connectivity index (χ2v) is 4.25. The molecule has 0 fully saturated rings. The average molecular weight is 266 g/mol. The van der Waals surface area contributed by atoms with Crippen molar-refractivity contribution in [2.45, 2.75) is 10.2 Å². The lowest BCUT2D eigenvalue weighted by molar-refractivity contribution is -0.388. The number of nitro groups is 1. The highest BCUT2D eigenvalue weighted by molar-refractivity contribution is 7.99. The van der Waals surface area contributed by atoms with Crippen LogP contribution < -0.4 is 5.32 Å². The number of hydrogen-bond acceptors (Lipinski definition) is 7. The normalized spacial score (nSPS) is 10.3. The van der Waals surface area contributed by atoms with Crippen molar-refractivity contribution in [3.63, 3.8) is 0 Å². The van der Waals surface area contributed by atoms with Crippen molar-refractivity contribution in [3.05, 3.63) is 28.6 Å². The predicted octanol–water partition coefficient (Wildman–Crippen LogP) is 1.31. The number of anilines is 1. The summed E-state index contributed by atoms with van der Waals surface area (Å²) in [7, 11) is 3.41. The van der Waals surface area contributed by atoms with Crippen LogP contribution in [0.2, 0.25) is 0 Å². The number of rotatable bonds is 4. The fourth-order valence-electron chi connectivity index (χ4n) is 1.25. The Morgan fingerprint density at radius 2 is 2.28 bits per heavy atom. The van der Waals surface area contributed by atoms with Gasteiger partial charge < -0.3 is 5.32 Å². The first-order valence-electron chi connectivity index (χ1n) is 4.97. The second kappa shape index (κ2) is 5.00. The van der Waals surface area contributed by atoms with Crippen molar-refractivity contribution in [1.29, 1.82) is 0 Å². The number of hydrogen-bond donors (Lipinski definition) is 1. The highest BCUT2D eigenvalue weighted by Gasteiger charge is 2.19. The molecule has 0 saturated carbocycles. The first kappa shape index (κ1) is 12.3. The Kier molecular flexibility index (Phi) is 3.42. The number of nitrogens with zero attached hydrogens (tertiary/aromatic N) is 5. The summed E-state index contributed by atoms with van der Waals surface area (Å²) in [5.74, 6) is 0.560. The highest BCUT2D eigenvalue weighted by atomic mass is 32.2. The van der Waals surface area contributed by atoms with Crippen molar-refractivity contribution in [2.24, 2.45) is 7.05 Å². The molecule has 2 rings (SSSR count). The summed E-state index contributed by atoms with van der Waals surface area (Å²) in [5.41, 5.74) is -0.0537. The van der Waals surface area contributed by atoms with E-state index in [-0.39, 0.29) is 10.7 Å². The largest absolute Gasteiger partial charge is 0.373 e. The van der Waals surface area contributed by atoms with E-state index in [1.54, 1.807) is 20.2 Å². The van der Waals surface area contributed by atoms with E-state index >= 15 is 0 Å². The quantitative estimate of drug-likeness (QED) is 0.658. The zero-order chi connectivity index (χ0) is 13.1. The van der Waals surface area contributed by atoms with Crippen molar-refractivity contribution in [1.82, 2.24) is 19.7 Å². The molecule has 0 aliphatic carbocycles. The summed E-state index contributed by atoms with van der Waals surface area (Å²) in [6, 6.07) is 2.97. The molecular formula is C9H10N6O2S. The van der Waals surface area contributed by atoms with E-state index in [0.717, 1.165) is 11.8 Å². The molecule has 0 aliphatic heterocycles. The van der Waals surface area contributed by atoms with Crippen molar-refractivity contribution in [2.75, 3.05) is 12.4 Å². The maximum absolute atomic E-state index is 10.9.